The minimum Gasteiger partial charge on any atom is -0.227 e. The quantitative estimate of drug-likeness (QED) is 0.567. The summed E-state index contributed by atoms with van der Waals surface area (Å²) in [7, 11) is 0. The van der Waals surface area contributed by atoms with Gasteiger partial charge < -0.3 is 0 Å². The first-order valence-electron chi connectivity index (χ1n) is 1.36. The lowest BCUT2D eigenvalue weighted by Crippen LogP contribution is -1.49. The van der Waals surface area contributed by atoms with E-state index in [1.54, 1.807) is 5.38 Å². The van der Waals surface area contributed by atoms with Crippen LogP contribution in [-0.2, 0) is 0 Å². The van der Waals surface area contributed by atoms with Gasteiger partial charge >= 0.3 is 0 Å². The minimum atomic E-state index is 0.891. The summed E-state index contributed by atoms with van der Waals surface area (Å²) in [5.74, 6) is 0. The van der Waals surface area contributed by atoms with Gasteiger partial charge in [0, 0.05) is 5.38 Å². The number of aromatic nitrogens is 1. The molecular formula is C3HBrNS. The van der Waals surface area contributed by atoms with Crippen LogP contribution in [0.25, 0.3) is 0 Å². The van der Waals surface area contributed by atoms with E-state index in [-0.39, 0.29) is 0 Å². The van der Waals surface area contributed by atoms with Gasteiger partial charge in [-0.05, 0) is 15.9 Å². The predicted molar refractivity (Wildman–Crippen MR) is 28.6 cm³/mol. The van der Waals surface area contributed by atoms with Crippen LogP contribution in [0.2, 0.25) is 0 Å². The van der Waals surface area contributed by atoms with E-state index >= 15 is 0 Å². The topological polar surface area (TPSA) is 12.9 Å². The summed E-state index contributed by atoms with van der Waals surface area (Å²) in [6.07, 6.45) is 2.65. The van der Waals surface area contributed by atoms with E-state index in [2.05, 4.69) is 27.1 Å². The molecule has 1 heterocycles. The molecule has 0 aliphatic heterocycles. The number of rotatable bonds is 0. The van der Waals surface area contributed by atoms with Gasteiger partial charge in [0.05, 0.1) is 0 Å². The van der Waals surface area contributed by atoms with Crippen molar-refractivity contribution in [1.82, 2.24) is 4.98 Å². The second-order valence-electron chi connectivity index (χ2n) is 0.730. The Kier molecular flexibility index (Phi) is 1.22. The summed E-state index contributed by atoms with van der Waals surface area (Å²) in [6.45, 7) is 0. The van der Waals surface area contributed by atoms with Gasteiger partial charge in [0.2, 0.25) is 0 Å². The summed E-state index contributed by atoms with van der Waals surface area (Å²) in [4.78, 5) is 3.73. The monoisotopic (exact) mass is 162 g/mol. The molecule has 6 heavy (non-hydrogen) atoms. The zero-order chi connectivity index (χ0) is 4.41. The van der Waals surface area contributed by atoms with Crippen LogP contribution in [0.5, 0.6) is 0 Å². The Balaban J connectivity index is 3.05. The molecule has 31 valence electrons. The largest absolute Gasteiger partial charge is 0.227 e. The molecule has 0 saturated carbocycles. The molecule has 0 atom stereocenters. The van der Waals surface area contributed by atoms with Crippen molar-refractivity contribution in [3.63, 3.8) is 0 Å². The molecule has 0 unspecified atom stereocenters. The van der Waals surface area contributed by atoms with Gasteiger partial charge in [0.15, 0.2) is 3.92 Å². The summed E-state index contributed by atoms with van der Waals surface area (Å²) >= 11 is 4.69. The highest BCUT2D eigenvalue weighted by Gasteiger charge is 1.80. The molecule has 1 rings (SSSR count). The molecule has 0 saturated heterocycles. The number of hydrogen-bond acceptors (Lipinski definition) is 2. The van der Waals surface area contributed by atoms with Crippen molar-refractivity contribution in [2.45, 2.75) is 0 Å². The molecule has 0 aromatic carbocycles. The summed E-state index contributed by atoms with van der Waals surface area (Å²) in [5.41, 5.74) is 0. The van der Waals surface area contributed by atoms with E-state index in [0.29, 0.717) is 0 Å². The highest BCUT2D eigenvalue weighted by Crippen LogP contribution is 2.09. The normalized spacial score (nSPS) is 8.83. The van der Waals surface area contributed by atoms with Crippen LogP contribution in [0.15, 0.2) is 9.30 Å². The molecule has 3 heteroatoms. The molecule has 1 aromatic rings. The number of halogens is 1. The summed E-state index contributed by atoms with van der Waals surface area (Å²) in [6, 6.07) is 0. The average molecular weight is 163 g/mol. The molecule has 0 spiro atoms. The Labute approximate surface area is 48.2 Å². The Morgan fingerprint density at radius 1 is 2.00 bits per heavy atom. The van der Waals surface area contributed by atoms with Crippen LogP contribution >= 0.6 is 27.3 Å². The number of thiazole rings is 1. The molecular weight excluding hydrogens is 162 g/mol. The Morgan fingerprint density at radius 2 is 2.83 bits per heavy atom. The van der Waals surface area contributed by atoms with Crippen LogP contribution in [0.3, 0.4) is 0 Å². The number of hydrogen-bond donors (Lipinski definition) is 0. The lowest BCUT2D eigenvalue weighted by atomic mass is 11.0. The number of nitrogens with zero attached hydrogens (tertiary/aromatic N) is 1. The molecule has 0 aliphatic carbocycles. The average Bonchev–Trinajstić information content (AvgIpc) is 1.86. The highest BCUT2D eigenvalue weighted by molar-refractivity contribution is 9.11. The van der Waals surface area contributed by atoms with Crippen molar-refractivity contribution in [2.75, 3.05) is 0 Å². The van der Waals surface area contributed by atoms with Crippen molar-refractivity contribution in [1.29, 1.82) is 0 Å². The van der Waals surface area contributed by atoms with Gasteiger partial charge in [-0.25, -0.2) is 4.98 Å². The third kappa shape index (κ3) is 0.786. The van der Waals surface area contributed by atoms with Gasteiger partial charge in [-0.15, -0.1) is 11.3 Å². The zero-order valence-electron chi connectivity index (χ0n) is 2.81. The maximum absolute atomic E-state index is 3.73. The van der Waals surface area contributed by atoms with E-state index in [1.165, 1.54) is 11.3 Å². The minimum absolute atomic E-state index is 0.891. The second kappa shape index (κ2) is 1.71. The molecule has 0 amide bonds. The first kappa shape index (κ1) is 4.27. The lowest BCUT2D eigenvalue weighted by Gasteiger charge is -1.61. The van der Waals surface area contributed by atoms with E-state index in [1.807, 2.05) is 0 Å². The first-order valence-corrected chi connectivity index (χ1v) is 3.04. The van der Waals surface area contributed by atoms with Gasteiger partial charge in [0.25, 0.3) is 0 Å². The molecule has 0 bridgehead atoms. The molecule has 1 aromatic heterocycles. The fourth-order valence-corrected chi connectivity index (χ4v) is 0.869. The third-order valence-corrected chi connectivity index (χ3v) is 1.61. The molecule has 0 N–H and O–H groups in total. The lowest BCUT2D eigenvalue weighted by molar-refractivity contribution is 1.36. The maximum atomic E-state index is 3.73. The van der Waals surface area contributed by atoms with Gasteiger partial charge in [0.1, 0.15) is 6.20 Å². The predicted octanol–water partition coefficient (Wildman–Crippen LogP) is 1.71. The van der Waals surface area contributed by atoms with Crippen molar-refractivity contribution in [2.24, 2.45) is 0 Å². The van der Waals surface area contributed by atoms with Gasteiger partial charge in [-0.2, -0.15) is 0 Å². The zero-order valence-corrected chi connectivity index (χ0v) is 5.21. The Morgan fingerprint density at radius 3 is 3.00 bits per heavy atom. The fourth-order valence-electron chi connectivity index (χ4n) is 0.178. The van der Waals surface area contributed by atoms with Crippen molar-refractivity contribution in [3.8, 4) is 0 Å². The van der Waals surface area contributed by atoms with E-state index in [4.69, 9.17) is 0 Å². The van der Waals surface area contributed by atoms with Crippen molar-refractivity contribution in [3.05, 3.63) is 15.5 Å². The summed E-state index contributed by atoms with van der Waals surface area (Å²) in [5, 5.41) is 1.80. The van der Waals surface area contributed by atoms with E-state index in [9.17, 15) is 0 Å². The fraction of sp³-hybridized carbons (Fsp3) is 0. The van der Waals surface area contributed by atoms with E-state index in [0.717, 1.165) is 3.92 Å². The maximum Gasteiger partial charge on any atom is 0.159 e. The van der Waals surface area contributed by atoms with Crippen LogP contribution < -0.4 is 0 Å². The third-order valence-electron chi connectivity index (χ3n) is 0.361. The first-order chi connectivity index (χ1) is 2.89. The Hall–Kier alpha value is 0.110. The van der Waals surface area contributed by atoms with E-state index < -0.39 is 0 Å². The van der Waals surface area contributed by atoms with Crippen LogP contribution in [0, 0.1) is 6.20 Å². The molecule has 1 nitrogen and oxygen atoms in total. The second-order valence-corrected chi connectivity index (χ2v) is 2.86. The molecule has 1 radical (unpaired) electrons. The van der Waals surface area contributed by atoms with Crippen molar-refractivity contribution >= 4 is 27.3 Å². The Bertz CT molecular complexity index is 114. The summed E-state index contributed by atoms with van der Waals surface area (Å²) < 4.78 is 0.891. The molecule has 0 fully saturated rings. The highest BCUT2D eigenvalue weighted by atomic mass is 79.9. The van der Waals surface area contributed by atoms with Crippen LogP contribution in [0.1, 0.15) is 0 Å². The smallest absolute Gasteiger partial charge is 0.159 e. The van der Waals surface area contributed by atoms with Crippen LogP contribution in [0.4, 0.5) is 0 Å². The van der Waals surface area contributed by atoms with Gasteiger partial charge in [-0.3, -0.25) is 0 Å². The van der Waals surface area contributed by atoms with Crippen LogP contribution in [-0.4, -0.2) is 4.98 Å². The standard InChI is InChI=1S/C3HBrNS/c4-3-5-1-2-6-3/h2H. The SMILES string of the molecule is Brc1n[c]cs1. The molecule has 0 aliphatic rings. The van der Waals surface area contributed by atoms with Gasteiger partial charge in [-0.1, -0.05) is 0 Å². The van der Waals surface area contributed by atoms with Crippen molar-refractivity contribution < 1.29 is 0 Å².